The van der Waals surface area contributed by atoms with E-state index in [9.17, 15) is 5.11 Å². The lowest BCUT2D eigenvalue weighted by Crippen LogP contribution is -2.58. The Morgan fingerprint density at radius 3 is 2.09 bits per heavy atom. The predicted octanol–water partition coefficient (Wildman–Crippen LogP) is 1.51. The molecule has 2 aliphatic heterocycles. The largest absolute Gasteiger partial charge is 0.387 e. The minimum absolute atomic E-state index is 0.201. The molecular weight excluding hydrogens is 420 g/mol. The Balaban J connectivity index is 1.18. The van der Waals surface area contributed by atoms with Crippen LogP contribution < -0.4 is 0 Å². The van der Waals surface area contributed by atoms with E-state index in [0.29, 0.717) is 46.2 Å². The lowest BCUT2D eigenvalue weighted by molar-refractivity contribution is -0.274. The van der Waals surface area contributed by atoms with Crippen molar-refractivity contribution in [3.8, 4) is 0 Å². The highest BCUT2D eigenvalue weighted by atomic mass is 16.8. The molecule has 3 rings (SSSR count). The van der Waals surface area contributed by atoms with E-state index in [-0.39, 0.29) is 6.61 Å². The highest BCUT2D eigenvalue weighted by molar-refractivity contribution is 5.13. The van der Waals surface area contributed by atoms with Gasteiger partial charge in [0.15, 0.2) is 12.1 Å². The second kappa shape index (κ2) is 12.9. The summed E-state index contributed by atoms with van der Waals surface area (Å²) in [5, 5.41) is 10.6. The van der Waals surface area contributed by atoms with Crippen LogP contribution in [0, 0.1) is 0 Å². The van der Waals surface area contributed by atoms with E-state index < -0.39 is 36.5 Å². The van der Waals surface area contributed by atoms with Crippen LogP contribution in [0.25, 0.3) is 0 Å². The monoisotopic (exact) mass is 456 g/mol. The Hall–Kier alpha value is -1.14. The van der Waals surface area contributed by atoms with Crippen molar-refractivity contribution in [1.82, 2.24) is 0 Å². The summed E-state index contributed by atoms with van der Waals surface area (Å²) in [6.07, 6.45) is -3.07. The van der Waals surface area contributed by atoms with Gasteiger partial charge in [-0.25, -0.2) is 0 Å². The SMILES string of the molecule is COC1O[C@H](COCCOCCOCCOCc2ccccc2)[C@@H](O)[C@@H]2OC(C)(C)O[C@H]12. The van der Waals surface area contributed by atoms with E-state index in [1.165, 1.54) is 7.11 Å². The second-order valence-corrected chi connectivity index (χ2v) is 8.17. The zero-order chi connectivity index (χ0) is 22.8. The van der Waals surface area contributed by atoms with Crippen LogP contribution in [0.3, 0.4) is 0 Å². The molecule has 0 radical (unpaired) electrons. The van der Waals surface area contributed by atoms with E-state index in [1.54, 1.807) is 13.8 Å². The van der Waals surface area contributed by atoms with E-state index in [4.69, 9.17) is 37.9 Å². The predicted molar refractivity (Wildman–Crippen MR) is 114 cm³/mol. The summed E-state index contributed by atoms with van der Waals surface area (Å²) in [5.74, 6) is -0.796. The van der Waals surface area contributed by atoms with Gasteiger partial charge in [0, 0.05) is 7.11 Å². The van der Waals surface area contributed by atoms with E-state index in [2.05, 4.69) is 0 Å². The van der Waals surface area contributed by atoms with Gasteiger partial charge in [0.25, 0.3) is 0 Å². The Morgan fingerprint density at radius 2 is 1.44 bits per heavy atom. The standard InChI is InChI=1S/C23H36O9/c1-23(2)31-20-19(24)18(30-22(25-3)21(20)32-23)16-29-14-12-27-10-9-26-11-13-28-15-17-7-5-4-6-8-17/h4-8,18-22,24H,9-16H2,1-3H3/t18-,19-,20+,21+,22?/m1/s1. The third kappa shape index (κ3) is 7.72. The Bertz CT molecular complexity index is 642. The van der Waals surface area contributed by atoms with Gasteiger partial charge in [0.1, 0.15) is 24.4 Å². The maximum atomic E-state index is 10.6. The third-order valence-electron chi connectivity index (χ3n) is 5.20. The first-order valence-electron chi connectivity index (χ1n) is 11.1. The molecule has 2 saturated heterocycles. The average Bonchev–Trinajstić information content (AvgIpc) is 3.12. The number of aliphatic hydroxyl groups is 1. The normalized spacial score (nSPS) is 29.2. The van der Waals surface area contributed by atoms with Gasteiger partial charge in [-0.15, -0.1) is 0 Å². The fraction of sp³-hybridized carbons (Fsp3) is 0.739. The van der Waals surface area contributed by atoms with Crippen molar-refractivity contribution in [3.05, 3.63) is 35.9 Å². The number of rotatable bonds is 14. The van der Waals surface area contributed by atoms with Gasteiger partial charge >= 0.3 is 0 Å². The van der Waals surface area contributed by atoms with E-state index in [1.807, 2.05) is 30.3 Å². The Morgan fingerprint density at radius 1 is 0.844 bits per heavy atom. The Labute approximate surface area is 189 Å². The minimum Gasteiger partial charge on any atom is -0.387 e. The summed E-state index contributed by atoms with van der Waals surface area (Å²) in [6.45, 7) is 7.21. The first kappa shape index (κ1) is 25.5. The summed E-state index contributed by atoms with van der Waals surface area (Å²) in [6, 6.07) is 10.0. The van der Waals surface area contributed by atoms with Gasteiger partial charge in [0.05, 0.1) is 52.9 Å². The molecule has 1 unspecified atom stereocenters. The molecule has 2 heterocycles. The number of aliphatic hydroxyl groups excluding tert-OH is 1. The van der Waals surface area contributed by atoms with Crippen LogP contribution in [-0.2, 0) is 44.5 Å². The van der Waals surface area contributed by atoms with Crippen LogP contribution >= 0.6 is 0 Å². The molecule has 2 aliphatic rings. The van der Waals surface area contributed by atoms with Crippen LogP contribution in [0.2, 0.25) is 0 Å². The van der Waals surface area contributed by atoms with Crippen molar-refractivity contribution < 1.29 is 43.0 Å². The molecule has 32 heavy (non-hydrogen) atoms. The molecule has 0 aliphatic carbocycles. The maximum absolute atomic E-state index is 10.6. The van der Waals surface area contributed by atoms with E-state index in [0.717, 1.165) is 5.56 Å². The lowest BCUT2D eigenvalue weighted by atomic mass is 9.99. The van der Waals surface area contributed by atoms with Gasteiger partial charge in [-0.3, -0.25) is 0 Å². The van der Waals surface area contributed by atoms with E-state index >= 15 is 0 Å². The molecule has 2 fully saturated rings. The first-order valence-corrected chi connectivity index (χ1v) is 11.1. The highest BCUT2D eigenvalue weighted by Crippen LogP contribution is 2.37. The van der Waals surface area contributed by atoms with Crippen LogP contribution in [0.4, 0.5) is 0 Å². The van der Waals surface area contributed by atoms with Crippen LogP contribution in [0.5, 0.6) is 0 Å². The second-order valence-electron chi connectivity index (χ2n) is 8.17. The summed E-state index contributed by atoms with van der Waals surface area (Å²) in [7, 11) is 1.54. The quantitative estimate of drug-likeness (QED) is 0.418. The number of ether oxygens (including phenoxy) is 8. The summed E-state index contributed by atoms with van der Waals surface area (Å²) < 4.78 is 44.9. The maximum Gasteiger partial charge on any atom is 0.186 e. The fourth-order valence-electron chi connectivity index (χ4n) is 3.68. The van der Waals surface area contributed by atoms with Crippen molar-refractivity contribution in [2.24, 2.45) is 0 Å². The van der Waals surface area contributed by atoms with Crippen molar-refractivity contribution in [2.45, 2.75) is 56.9 Å². The molecule has 9 nitrogen and oxygen atoms in total. The molecule has 0 bridgehead atoms. The molecule has 5 atom stereocenters. The van der Waals surface area contributed by atoms with Crippen molar-refractivity contribution in [1.29, 1.82) is 0 Å². The highest BCUT2D eigenvalue weighted by Gasteiger charge is 2.55. The van der Waals surface area contributed by atoms with Crippen molar-refractivity contribution >= 4 is 0 Å². The number of benzene rings is 1. The average molecular weight is 457 g/mol. The third-order valence-corrected chi connectivity index (χ3v) is 5.20. The first-order chi connectivity index (χ1) is 15.5. The van der Waals surface area contributed by atoms with Gasteiger partial charge < -0.3 is 43.0 Å². The summed E-state index contributed by atoms with van der Waals surface area (Å²) >= 11 is 0. The molecule has 0 spiro atoms. The number of hydrogen-bond acceptors (Lipinski definition) is 9. The van der Waals surface area contributed by atoms with Crippen molar-refractivity contribution in [2.75, 3.05) is 53.4 Å². The molecule has 0 amide bonds. The topological polar surface area (TPSA) is 94.1 Å². The molecule has 0 aromatic heterocycles. The minimum atomic E-state index is -0.869. The number of fused-ring (bicyclic) bond motifs is 1. The number of hydrogen-bond donors (Lipinski definition) is 1. The molecular formula is C23H36O9. The van der Waals surface area contributed by atoms with Gasteiger partial charge in [0.2, 0.25) is 0 Å². The lowest BCUT2D eigenvalue weighted by Gasteiger charge is -2.39. The fourth-order valence-corrected chi connectivity index (χ4v) is 3.68. The van der Waals surface area contributed by atoms with Gasteiger partial charge in [-0.2, -0.15) is 0 Å². The molecule has 0 saturated carbocycles. The van der Waals surface area contributed by atoms with Crippen LogP contribution in [0.1, 0.15) is 19.4 Å². The Kier molecular flexibility index (Phi) is 10.3. The molecule has 1 aromatic rings. The molecule has 1 N–H and O–H groups in total. The zero-order valence-corrected chi connectivity index (χ0v) is 19.1. The van der Waals surface area contributed by atoms with Gasteiger partial charge in [-0.05, 0) is 19.4 Å². The number of methoxy groups -OCH3 is 1. The van der Waals surface area contributed by atoms with Crippen molar-refractivity contribution in [3.63, 3.8) is 0 Å². The molecule has 9 heteroatoms. The molecule has 182 valence electrons. The van der Waals surface area contributed by atoms with Crippen LogP contribution in [0.15, 0.2) is 30.3 Å². The smallest absolute Gasteiger partial charge is 0.186 e. The molecule has 1 aromatic carbocycles. The van der Waals surface area contributed by atoms with Gasteiger partial charge in [-0.1, -0.05) is 30.3 Å². The zero-order valence-electron chi connectivity index (χ0n) is 19.1. The summed E-state index contributed by atoms with van der Waals surface area (Å²) in [4.78, 5) is 0. The summed E-state index contributed by atoms with van der Waals surface area (Å²) in [5.41, 5.74) is 1.15. The van der Waals surface area contributed by atoms with Crippen LogP contribution in [-0.4, -0.2) is 95.0 Å².